The van der Waals surface area contributed by atoms with E-state index in [1.165, 1.54) is 6.07 Å². The van der Waals surface area contributed by atoms with Gasteiger partial charge in [-0.3, -0.25) is 4.79 Å². The monoisotopic (exact) mass is 403 g/mol. The fraction of sp³-hybridized carbons (Fsp3) is 0.500. The van der Waals surface area contributed by atoms with Crippen molar-refractivity contribution >= 4 is 22.8 Å². The van der Waals surface area contributed by atoms with Crippen molar-refractivity contribution in [3.63, 3.8) is 0 Å². The van der Waals surface area contributed by atoms with Gasteiger partial charge in [-0.05, 0) is 43.9 Å². The Kier molecular flexibility index (Phi) is 7.42. The van der Waals surface area contributed by atoms with Gasteiger partial charge in [-0.2, -0.15) is 0 Å². The van der Waals surface area contributed by atoms with Crippen LogP contribution in [0.2, 0.25) is 0 Å². The molecule has 0 aliphatic heterocycles. The summed E-state index contributed by atoms with van der Waals surface area (Å²) in [7, 11) is 0. The Hall–Kier alpha value is -2.83. The van der Waals surface area contributed by atoms with Crippen molar-refractivity contribution in [2.45, 2.75) is 66.0 Å². The summed E-state index contributed by atoms with van der Waals surface area (Å²) in [4.78, 5) is 35.8. The summed E-state index contributed by atoms with van der Waals surface area (Å²) >= 11 is 0. The third kappa shape index (κ3) is 5.16. The van der Waals surface area contributed by atoms with Crippen molar-refractivity contribution in [2.24, 2.45) is 5.92 Å². The number of carbonyl (C=O) groups excluding carboxylic acids is 1. The number of benzene rings is 1. The summed E-state index contributed by atoms with van der Waals surface area (Å²) in [5.74, 6) is -1.39. The van der Waals surface area contributed by atoms with Gasteiger partial charge in [0, 0.05) is 17.0 Å². The van der Waals surface area contributed by atoms with Crippen LogP contribution in [-0.2, 0) is 16.0 Å². The van der Waals surface area contributed by atoms with E-state index in [2.05, 4.69) is 5.32 Å². The van der Waals surface area contributed by atoms with Gasteiger partial charge in [0.2, 0.25) is 0 Å². The van der Waals surface area contributed by atoms with Crippen molar-refractivity contribution in [2.75, 3.05) is 0 Å². The number of nitrogens with one attached hydrogen (secondary N) is 1. The van der Waals surface area contributed by atoms with E-state index >= 15 is 0 Å². The van der Waals surface area contributed by atoms with Gasteiger partial charge in [0.15, 0.2) is 6.10 Å². The molecule has 0 saturated carbocycles. The van der Waals surface area contributed by atoms with Crippen molar-refractivity contribution in [3.8, 4) is 5.75 Å². The van der Waals surface area contributed by atoms with E-state index in [1.54, 1.807) is 26.8 Å². The van der Waals surface area contributed by atoms with E-state index in [4.69, 9.17) is 9.15 Å². The van der Waals surface area contributed by atoms with Crippen molar-refractivity contribution < 1.29 is 23.8 Å². The minimum absolute atomic E-state index is 0.211. The molecule has 1 aromatic heterocycles. The highest BCUT2D eigenvalue weighted by atomic mass is 16.5. The van der Waals surface area contributed by atoms with Crippen molar-refractivity contribution in [1.82, 2.24) is 5.32 Å². The lowest BCUT2D eigenvalue weighted by Crippen LogP contribution is -2.49. The maximum atomic E-state index is 12.5. The van der Waals surface area contributed by atoms with Crippen LogP contribution in [0.25, 0.3) is 11.0 Å². The van der Waals surface area contributed by atoms with Crippen LogP contribution in [0.3, 0.4) is 0 Å². The van der Waals surface area contributed by atoms with Crippen LogP contribution in [-0.4, -0.2) is 29.1 Å². The Bertz CT molecular complexity index is 948. The van der Waals surface area contributed by atoms with Gasteiger partial charge in [-0.1, -0.05) is 33.6 Å². The molecule has 0 unspecified atom stereocenters. The first-order chi connectivity index (χ1) is 13.7. The number of hydrogen-bond donors (Lipinski definition) is 2. The molecule has 0 radical (unpaired) electrons. The van der Waals surface area contributed by atoms with E-state index in [0.717, 1.165) is 23.8 Å². The summed E-state index contributed by atoms with van der Waals surface area (Å²) in [5.41, 5.74) is 1.55. The van der Waals surface area contributed by atoms with E-state index in [1.807, 2.05) is 19.9 Å². The number of ether oxygens (including phenoxy) is 1. The molecule has 2 rings (SSSR count). The molecule has 7 heteroatoms. The lowest BCUT2D eigenvalue weighted by atomic mass is 9.99. The van der Waals surface area contributed by atoms with E-state index in [-0.39, 0.29) is 5.92 Å². The molecule has 0 fully saturated rings. The van der Waals surface area contributed by atoms with Gasteiger partial charge >= 0.3 is 11.6 Å². The number of rotatable bonds is 9. The average molecular weight is 403 g/mol. The Morgan fingerprint density at radius 3 is 2.52 bits per heavy atom. The van der Waals surface area contributed by atoms with Gasteiger partial charge in [0.1, 0.15) is 17.4 Å². The van der Waals surface area contributed by atoms with Gasteiger partial charge in [0.25, 0.3) is 5.91 Å². The fourth-order valence-corrected chi connectivity index (χ4v) is 3.21. The largest absolute Gasteiger partial charge is 0.480 e. The van der Waals surface area contributed by atoms with E-state index < -0.39 is 29.6 Å². The van der Waals surface area contributed by atoms with Crippen molar-refractivity contribution in [1.29, 1.82) is 0 Å². The first kappa shape index (κ1) is 22.5. The predicted molar refractivity (Wildman–Crippen MR) is 110 cm³/mol. The zero-order valence-corrected chi connectivity index (χ0v) is 17.6. The smallest absolute Gasteiger partial charge is 0.336 e. The Morgan fingerprint density at radius 2 is 1.93 bits per heavy atom. The molecule has 3 atom stereocenters. The molecule has 0 saturated heterocycles. The number of hydrogen-bond acceptors (Lipinski definition) is 5. The van der Waals surface area contributed by atoms with Crippen LogP contribution in [0.15, 0.2) is 27.4 Å². The minimum Gasteiger partial charge on any atom is -0.480 e. The summed E-state index contributed by atoms with van der Waals surface area (Å²) in [6.45, 7) is 8.99. The lowest BCUT2D eigenvalue weighted by Gasteiger charge is -2.23. The maximum Gasteiger partial charge on any atom is 0.336 e. The average Bonchev–Trinajstić information content (AvgIpc) is 2.67. The number of aliphatic carboxylic acids is 1. The second-order valence-electron chi connectivity index (χ2n) is 7.38. The molecule has 29 heavy (non-hydrogen) atoms. The summed E-state index contributed by atoms with van der Waals surface area (Å²) in [6, 6.07) is 4.08. The molecule has 1 heterocycles. The zero-order chi connectivity index (χ0) is 21.7. The molecule has 0 bridgehead atoms. The lowest BCUT2D eigenvalue weighted by molar-refractivity contribution is -0.144. The van der Waals surface area contributed by atoms with Gasteiger partial charge in [-0.15, -0.1) is 0 Å². The van der Waals surface area contributed by atoms with Crippen LogP contribution < -0.4 is 15.7 Å². The quantitative estimate of drug-likeness (QED) is 0.621. The summed E-state index contributed by atoms with van der Waals surface area (Å²) in [5, 5.41) is 12.7. The number of amides is 1. The number of carbonyl (C=O) groups is 2. The number of aryl methyl sites for hydroxylation is 2. The Labute approximate surface area is 170 Å². The maximum absolute atomic E-state index is 12.5. The normalized spacial score (nSPS) is 14.2. The second kappa shape index (κ2) is 9.58. The van der Waals surface area contributed by atoms with Crippen molar-refractivity contribution in [3.05, 3.63) is 39.7 Å². The molecule has 2 N–H and O–H groups in total. The highest BCUT2D eigenvalue weighted by Gasteiger charge is 2.28. The first-order valence-corrected chi connectivity index (χ1v) is 9.95. The zero-order valence-electron chi connectivity index (χ0n) is 17.6. The molecule has 0 aliphatic rings. The highest BCUT2D eigenvalue weighted by molar-refractivity contribution is 5.87. The molecule has 7 nitrogen and oxygen atoms in total. The molecular formula is C22H29NO6. The SMILES string of the molecule is CCCc1cc(=O)oc2c(C)c(O[C@H](C)C(=O)N[C@H](C(=O)O)[C@@H](C)CC)ccc12. The van der Waals surface area contributed by atoms with E-state index in [0.29, 0.717) is 23.3 Å². The van der Waals surface area contributed by atoms with Gasteiger partial charge < -0.3 is 19.6 Å². The molecule has 2 aromatic rings. The number of carboxylic acid groups (broad SMARTS) is 1. The molecule has 158 valence electrons. The Morgan fingerprint density at radius 1 is 1.24 bits per heavy atom. The molecule has 1 amide bonds. The van der Waals surface area contributed by atoms with E-state index in [9.17, 15) is 19.5 Å². The minimum atomic E-state index is -1.08. The highest BCUT2D eigenvalue weighted by Crippen LogP contribution is 2.29. The molecule has 0 aliphatic carbocycles. The molecular weight excluding hydrogens is 374 g/mol. The predicted octanol–water partition coefficient (Wildman–Crippen LogP) is 3.44. The van der Waals surface area contributed by atoms with Crippen LogP contribution in [0.1, 0.15) is 51.7 Å². The van der Waals surface area contributed by atoms with Gasteiger partial charge in [0.05, 0.1) is 0 Å². The third-order valence-electron chi connectivity index (χ3n) is 5.17. The second-order valence-corrected chi connectivity index (χ2v) is 7.38. The van der Waals surface area contributed by atoms with Crippen LogP contribution in [0.4, 0.5) is 0 Å². The summed E-state index contributed by atoms with van der Waals surface area (Å²) in [6.07, 6.45) is 1.36. The fourth-order valence-electron chi connectivity index (χ4n) is 3.21. The first-order valence-electron chi connectivity index (χ1n) is 9.95. The summed E-state index contributed by atoms with van der Waals surface area (Å²) < 4.78 is 11.2. The Balaban J connectivity index is 2.27. The third-order valence-corrected chi connectivity index (χ3v) is 5.17. The molecule has 0 spiro atoms. The standard InChI is InChI=1S/C22H29NO6/c1-6-8-15-11-18(24)29-20-13(4)17(10-9-16(15)20)28-14(5)21(25)23-19(22(26)27)12(3)7-2/h9-12,14,19H,6-8H2,1-5H3,(H,23,25)(H,26,27)/t12-,14+,19-/m0/s1. The van der Waals surface area contributed by atoms with Crippen LogP contribution in [0, 0.1) is 12.8 Å². The molecule has 1 aromatic carbocycles. The number of carboxylic acids is 1. The van der Waals surface area contributed by atoms with Crippen LogP contribution in [0.5, 0.6) is 5.75 Å². The van der Waals surface area contributed by atoms with Crippen LogP contribution >= 0.6 is 0 Å². The number of fused-ring (bicyclic) bond motifs is 1. The van der Waals surface area contributed by atoms with Gasteiger partial charge in [-0.25, -0.2) is 9.59 Å². The topological polar surface area (TPSA) is 106 Å².